The Labute approximate surface area is 188 Å². The van der Waals surface area contributed by atoms with Crippen molar-refractivity contribution < 1.29 is 17.9 Å². The number of aryl methyl sites for hydroxylation is 2. The molecule has 0 N–H and O–H groups in total. The summed E-state index contributed by atoms with van der Waals surface area (Å²) in [6.45, 7) is 0.377. The number of rotatable bonds is 6. The van der Waals surface area contributed by atoms with Crippen LogP contribution in [0.25, 0.3) is 0 Å². The minimum Gasteiger partial charge on any atom is -0.495 e. The standard InChI is InChI=1S/C25H25ClO4S/c1-29-24-15-19-5-3-2-4-6-20(19)16-25(24)31(27,28)23-13-11-22(12-14-23)30-17-18-7-9-21(26)10-8-18/h7-16H,2-6,17H2,1H3. The molecule has 0 atom stereocenters. The third-order valence-corrected chi connectivity index (χ3v) is 7.66. The number of ether oxygens (including phenoxy) is 2. The molecule has 0 saturated heterocycles. The Morgan fingerprint density at radius 3 is 2.16 bits per heavy atom. The monoisotopic (exact) mass is 456 g/mol. The maximum absolute atomic E-state index is 13.4. The second-order valence-corrected chi connectivity index (χ2v) is 10.1. The summed E-state index contributed by atoms with van der Waals surface area (Å²) < 4.78 is 38.0. The number of methoxy groups -OCH3 is 1. The number of hydrogen-bond acceptors (Lipinski definition) is 4. The summed E-state index contributed by atoms with van der Waals surface area (Å²) in [4.78, 5) is 0.448. The normalized spacial score (nSPS) is 13.9. The molecule has 0 bridgehead atoms. The Balaban J connectivity index is 1.57. The second kappa shape index (κ2) is 9.33. The van der Waals surface area contributed by atoms with Crippen molar-refractivity contribution in [3.8, 4) is 11.5 Å². The van der Waals surface area contributed by atoms with Crippen molar-refractivity contribution in [2.45, 2.75) is 48.5 Å². The molecule has 6 heteroatoms. The van der Waals surface area contributed by atoms with Crippen LogP contribution in [0.5, 0.6) is 11.5 Å². The van der Waals surface area contributed by atoms with Gasteiger partial charge in [-0.15, -0.1) is 0 Å². The van der Waals surface area contributed by atoms with Gasteiger partial charge in [-0.3, -0.25) is 0 Å². The quantitative estimate of drug-likeness (QED) is 0.425. The average Bonchev–Trinajstić information content (AvgIpc) is 3.03. The van der Waals surface area contributed by atoms with Crippen molar-refractivity contribution in [1.29, 1.82) is 0 Å². The first-order valence-corrected chi connectivity index (χ1v) is 12.3. The molecule has 0 fully saturated rings. The van der Waals surface area contributed by atoms with Gasteiger partial charge in [0.15, 0.2) is 0 Å². The van der Waals surface area contributed by atoms with E-state index in [-0.39, 0.29) is 9.79 Å². The molecule has 31 heavy (non-hydrogen) atoms. The molecule has 1 aliphatic carbocycles. The van der Waals surface area contributed by atoms with Crippen LogP contribution in [0.3, 0.4) is 0 Å². The predicted octanol–water partition coefficient (Wildman–Crippen LogP) is 6.03. The van der Waals surface area contributed by atoms with E-state index in [1.165, 1.54) is 12.7 Å². The fraction of sp³-hybridized carbons (Fsp3) is 0.280. The number of hydrogen-bond donors (Lipinski definition) is 0. The van der Waals surface area contributed by atoms with E-state index < -0.39 is 9.84 Å². The molecule has 4 nitrogen and oxygen atoms in total. The molecule has 3 aromatic rings. The van der Waals surface area contributed by atoms with Gasteiger partial charge in [0.2, 0.25) is 9.84 Å². The number of halogens is 1. The van der Waals surface area contributed by atoms with Crippen LogP contribution in [-0.2, 0) is 29.3 Å². The highest BCUT2D eigenvalue weighted by molar-refractivity contribution is 7.91. The second-order valence-electron chi connectivity index (χ2n) is 7.72. The van der Waals surface area contributed by atoms with Gasteiger partial charge in [0.1, 0.15) is 23.0 Å². The van der Waals surface area contributed by atoms with Gasteiger partial charge in [-0.05, 0) is 90.9 Å². The highest BCUT2D eigenvalue weighted by atomic mass is 35.5. The molecule has 162 valence electrons. The van der Waals surface area contributed by atoms with Gasteiger partial charge in [0.05, 0.1) is 12.0 Å². The van der Waals surface area contributed by atoms with Gasteiger partial charge in [-0.2, -0.15) is 0 Å². The Hall–Kier alpha value is -2.50. The minimum atomic E-state index is -3.71. The van der Waals surface area contributed by atoms with E-state index in [1.54, 1.807) is 30.3 Å². The van der Waals surface area contributed by atoms with Crippen molar-refractivity contribution in [2.75, 3.05) is 7.11 Å². The van der Waals surface area contributed by atoms with E-state index >= 15 is 0 Å². The lowest BCUT2D eigenvalue weighted by molar-refractivity contribution is 0.306. The van der Waals surface area contributed by atoms with Crippen LogP contribution in [-0.4, -0.2) is 15.5 Å². The average molecular weight is 457 g/mol. The lowest BCUT2D eigenvalue weighted by Gasteiger charge is -2.15. The van der Waals surface area contributed by atoms with Gasteiger partial charge < -0.3 is 9.47 Å². The molecule has 3 aromatic carbocycles. The fourth-order valence-electron chi connectivity index (χ4n) is 3.88. The maximum atomic E-state index is 13.4. The third kappa shape index (κ3) is 4.89. The first kappa shape index (κ1) is 21.7. The topological polar surface area (TPSA) is 52.6 Å². The molecule has 0 amide bonds. The number of fused-ring (bicyclic) bond motifs is 1. The highest BCUT2D eigenvalue weighted by Crippen LogP contribution is 2.35. The van der Waals surface area contributed by atoms with Crippen molar-refractivity contribution in [3.05, 3.63) is 82.4 Å². The van der Waals surface area contributed by atoms with Crippen LogP contribution in [0.15, 0.2) is 70.5 Å². The third-order valence-electron chi connectivity index (χ3n) is 5.62. The van der Waals surface area contributed by atoms with Crippen molar-refractivity contribution in [3.63, 3.8) is 0 Å². The summed E-state index contributed by atoms with van der Waals surface area (Å²) >= 11 is 5.90. The van der Waals surface area contributed by atoms with Crippen LogP contribution in [0, 0.1) is 0 Å². The lowest BCUT2D eigenvalue weighted by atomic mass is 10.0. The van der Waals surface area contributed by atoms with Crippen LogP contribution < -0.4 is 9.47 Å². The zero-order chi connectivity index (χ0) is 21.8. The molecular formula is C25H25ClO4S. The Morgan fingerprint density at radius 1 is 0.871 bits per heavy atom. The van der Waals surface area contributed by atoms with E-state index in [1.807, 2.05) is 30.3 Å². The Kier molecular flexibility index (Phi) is 6.54. The molecule has 0 spiro atoms. The van der Waals surface area contributed by atoms with Crippen LogP contribution in [0.4, 0.5) is 0 Å². The maximum Gasteiger partial charge on any atom is 0.210 e. The summed E-state index contributed by atoms with van der Waals surface area (Å²) in [5.74, 6) is 1.01. The zero-order valence-corrected chi connectivity index (χ0v) is 19.0. The van der Waals surface area contributed by atoms with E-state index in [4.69, 9.17) is 21.1 Å². The molecule has 0 aliphatic heterocycles. The first-order chi connectivity index (χ1) is 15.0. The van der Waals surface area contributed by atoms with E-state index in [0.29, 0.717) is 23.1 Å². The summed E-state index contributed by atoms with van der Waals surface area (Å²) in [5, 5.41) is 0.673. The predicted molar refractivity (Wildman–Crippen MR) is 122 cm³/mol. The smallest absolute Gasteiger partial charge is 0.210 e. The van der Waals surface area contributed by atoms with Gasteiger partial charge >= 0.3 is 0 Å². The molecule has 0 unspecified atom stereocenters. The molecular weight excluding hydrogens is 432 g/mol. The van der Waals surface area contributed by atoms with Gasteiger partial charge in [-0.25, -0.2) is 8.42 Å². The SMILES string of the molecule is COc1cc2c(cc1S(=O)(=O)c1ccc(OCc3ccc(Cl)cc3)cc1)CCCCC2. The Morgan fingerprint density at radius 2 is 1.52 bits per heavy atom. The van der Waals surface area contributed by atoms with Crippen molar-refractivity contribution >= 4 is 21.4 Å². The molecule has 4 rings (SSSR count). The van der Waals surface area contributed by atoms with Gasteiger partial charge in [0, 0.05) is 5.02 Å². The summed E-state index contributed by atoms with van der Waals surface area (Å²) in [6.07, 6.45) is 5.24. The van der Waals surface area contributed by atoms with Crippen molar-refractivity contribution in [2.24, 2.45) is 0 Å². The van der Waals surface area contributed by atoms with Crippen molar-refractivity contribution in [1.82, 2.24) is 0 Å². The van der Waals surface area contributed by atoms with E-state index in [9.17, 15) is 8.42 Å². The summed E-state index contributed by atoms with van der Waals surface area (Å²) in [6, 6.07) is 17.6. The first-order valence-electron chi connectivity index (χ1n) is 10.4. The molecule has 0 saturated carbocycles. The molecule has 0 radical (unpaired) electrons. The molecule has 1 aliphatic rings. The molecule has 0 heterocycles. The highest BCUT2D eigenvalue weighted by Gasteiger charge is 2.25. The van der Waals surface area contributed by atoms with E-state index in [0.717, 1.165) is 43.2 Å². The van der Waals surface area contributed by atoms with Crippen LogP contribution in [0.2, 0.25) is 5.02 Å². The Bertz CT molecular complexity index is 1150. The summed E-state index contributed by atoms with van der Waals surface area (Å²) in [7, 11) is -2.19. The number of benzene rings is 3. The zero-order valence-electron chi connectivity index (χ0n) is 17.4. The number of sulfone groups is 1. The van der Waals surface area contributed by atoms with Crippen LogP contribution in [0.1, 0.15) is 36.0 Å². The van der Waals surface area contributed by atoms with Crippen LogP contribution >= 0.6 is 11.6 Å². The van der Waals surface area contributed by atoms with Gasteiger partial charge in [0.25, 0.3) is 0 Å². The summed E-state index contributed by atoms with van der Waals surface area (Å²) in [5.41, 5.74) is 3.29. The molecule has 0 aromatic heterocycles. The van der Waals surface area contributed by atoms with Gasteiger partial charge in [-0.1, -0.05) is 30.2 Å². The fourth-order valence-corrected chi connectivity index (χ4v) is 5.45. The van der Waals surface area contributed by atoms with E-state index in [2.05, 4.69) is 0 Å². The minimum absolute atomic E-state index is 0.221. The largest absolute Gasteiger partial charge is 0.495 e. The lowest BCUT2D eigenvalue weighted by Crippen LogP contribution is -2.07.